The van der Waals surface area contributed by atoms with Gasteiger partial charge in [-0.1, -0.05) is 6.07 Å². The highest BCUT2D eigenvalue weighted by molar-refractivity contribution is 9.10. The highest BCUT2D eigenvalue weighted by atomic mass is 79.9. The number of halogens is 3. The first kappa shape index (κ1) is 12.7. The van der Waals surface area contributed by atoms with Crippen molar-refractivity contribution in [1.82, 2.24) is 0 Å². The molecule has 15 heavy (non-hydrogen) atoms. The van der Waals surface area contributed by atoms with Crippen LogP contribution in [0.25, 0.3) is 0 Å². The van der Waals surface area contributed by atoms with E-state index in [1.807, 2.05) is 0 Å². The van der Waals surface area contributed by atoms with E-state index in [0.717, 1.165) is 0 Å². The molecular weight excluding hydrogens is 311 g/mol. The molecule has 0 saturated heterocycles. The molecule has 1 aromatic rings. The Morgan fingerprint density at radius 2 is 2.13 bits per heavy atom. The molecule has 3 nitrogen and oxygen atoms in total. The summed E-state index contributed by atoms with van der Waals surface area (Å²) in [6.45, 7) is -0.181. The van der Waals surface area contributed by atoms with E-state index in [1.165, 1.54) is 12.1 Å². The van der Waals surface area contributed by atoms with E-state index in [2.05, 4.69) is 15.9 Å². The zero-order valence-electron chi connectivity index (χ0n) is 7.41. The van der Waals surface area contributed by atoms with Gasteiger partial charge in [-0.25, -0.2) is 12.8 Å². The average Bonchev–Trinajstić information content (AvgIpc) is 2.10. The van der Waals surface area contributed by atoms with Crippen LogP contribution < -0.4 is 4.74 Å². The Kier molecular flexibility index (Phi) is 4.36. The molecular formula is C8H7BrClFO3S. The normalized spacial score (nSPS) is 11.4. The van der Waals surface area contributed by atoms with E-state index >= 15 is 0 Å². The predicted molar refractivity (Wildman–Crippen MR) is 59.2 cm³/mol. The zero-order valence-corrected chi connectivity index (χ0v) is 10.6. The molecule has 0 atom stereocenters. The molecule has 0 heterocycles. The van der Waals surface area contributed by atoms with E-state index in [1.54, 1.807) is 6.07 Å². The first-order valence-electron chi connectivity index (χ1n) is 3.89. The number of rotatable bonds is 4. The van der Waals surface area contributed by atoms with Crippen molar-refractivity contribution in [1.29, 1.82) is 0 Å². The number of hydrogen-bond acceptors (Lipinski definition) is 3. The second kappa shape index (κ2) is 5.14. The van der Waals surface area contributed by atoms with Crippen molar-refractivity contribution in [3.8, 4) is 5.75 Å². The largest absolute Gasteiger partial charge is 0.489 e. The van der Waals surface area contributed by atoms with Gasteiger partial charge in [-0.15, -0.1) is 0 Å². The lowest BCUT2D eigenvalue weighted by molar-refractivity contribution is 0.322. The molecule has 84 valence electrons. The predicted octanol–water partition coefficient (Wildman–Crippen LogP) is 2.54. The molecule has 0 aliphatic heterocycles. The second-order valence-corrected chi connectivity index (χ2v) is 6.39. The van der Waals surface area contributed by atoms with Gasteiger partial charge in [-0.2, -0.15) is 0 Å². The Labute approximate surface area is 99.7 Å². The maximum atomic E-state index is 13.3. The van der Waals surface area contributed by atoms with Crippen molar-refractivity contribution in [3.63, 3.8) is 0 Å². The molecule has 0 spiro atoms. The first-order valence-corrected chi connectivity index (χ1v) is 7.16. The van der Waals surface area contributed by atoms with Gasteiger partial charge < -0.3 is 4.74 Å². The lowest BCUT2D eigenvalue weighted by atomic mass is 10.3. The van der Waals surface area contributed by atoms with E-state index in [-0.39, 0.29) is 22.6 Å². The molecule has 0 bridgehead atoms. The summed E-state index contributed by atoms with van der Waals surface area (Å²) >= 11 is 2.98. The molecule has 0 aliphatic carbocycles. The fourth-order valence-corrected chi connectivity index (χ4v) is 1.67. The third-order valence-electron chi connectivity index (χ3n) is 1.50. The fraction of sp³-hybridized carbons (Fsp3) is 0.250. The third kappa shape index (κ3) is 4.36. The maximum absolute atomic E-state index is 13.3. The summed E-state index contributed by atoms with van der Waals surface area (Å²) in [5.74, 6) is -0.935. The molecule has 0 unspecified atom stereocenters. The van der Waals surface area contributed by atoms with Crippen LogP contribution in [0.3, 0.4) is 0 Å². The fourth-order valence-electron chi connectivity index (χ4n) is 0.847. The standard InChI is InChI=1S/C8H7BrClFO3S/c9-6-2-1-3-7(8(6)11)14-4-5-15(10,12)13/h1-3H,4-5H2. The van der Waals surface area contributed by atoms with Crippen LogP contribution >= 0.6 is 26.6 Å². The minimum atomic E-state index is -3.60. The quantitative estimate of drug-likeness (QED) is 0.802. The van der Waals surface area contributed by atoms with Gasteiger partial charge in [0, 0.05) is 10.7 Å². The molecule has 0 fully saturated rings. The topological polar surface area (TPSA) is 43.4 Å². The van der Waals surface area contributed by atoms with Crippen molar-refractivity contribution in [2.45, 2.75) is 0 Å². The van der Waals surface area contributed by atoms with Crippen LogP contribution in [0, 0.1) is 5.82 Å². The van der Waals surface area contributed by atoms with E-state index in [4.69, 9.17) is 15.4 Å². The van der Waals surface area contributed by atoms with Crippen LogP contribution in [0.1, 0.15) is 0 Å². The highest BCUT2D eigenvalue weighted by Gasteiger charge is 2.09. The van der Waals surface area contributed by atoms with Crippen LogP contribution in [0.15, 0.2) is 22.7 Å². The van der Waals surface area contributed by atoms with Crippen LogP contribution in [0.4, 0.5) is 4.39 Å². The summed E-state index contributed by atoms with van der Waals surface area (Å²) < 4.78 is 39.6. The minimum absolute atomic E-state index is 0.00954. The van der Waals surface area contributed by atoms with Crippen LogP contribution in [-0.4, -0.2) is 20.8 Å². The van der Waals surface area contributed by atoms with Crippen molar-refractivity contribution in [2.75, 3.05) is 12.4 Å². The Balaban J connectivity index is 2.62. The van der Waals surface area contributed by atoms with Gasteiger partial charge >= 0.3 is 0 Å². The minimum Gasteiger partial charge on any atom is -0.489 e. The van der Waals surface area contributed by atoms with Crippen LogP contribution in [0.5, 0.6) is 5.75 Å². The molecule has 1 aromatic carbocycles. The average molecular weight is 318 g/mol. The molecule has 0 radical (unpaired) electrons. The van der Waals surface area contributed by atoms with Gasteiger partial charge in [0.05, 0.1) is 10.2 Å². The summed E-state index contributed by atoms with van der Waals surface area (Å²) in [5.41, 5.74) is 0. The molecule has 0 saturated carbocycles. The zero-order chi connectivity index (χ0) is 11.5. The summed E-state index contributed by atoms with van der Waals surface area (Å²) in [7, 11) is 1.36. The maximum Gasteiger partial charge on any atom is 0.235 e. The molecule has 0 aromatic heterocycles. The Morgan fingerprint density at radius 3 is 2.73 bits per heavy atom. The number of ether oxygens (including phenoxy) is 1. The van der Waals surface area contributed by atoms with Gasteiger partial charge in [0.1, 0.15) is 6.61 Å². The number of benzene rings is 1. The van der Waals surface area contributed by atoms with Crippen LogP contribution in [0.2, 0.25) is 0 Å². The molecule has 0 aliphatic rings. The highest BCUT2D eigenvalue weighted by Crippen LogP contribution is 2.24. The monoisotopic (exact) mass is 316 g/mol. The van der Waals surface area contributed by atoms with Crippen LogP contribution in [-0.2, 0) is 9.05 Å². The summed E-state index contributed by atoms with van der Waals surface area (Å²) in [4.78, 5) is 0. The number of hydrogen-bond donors (Lipinski definition) is 0. The molecule has 1 rings (SSSR count). The van der Waals surface area contributed by atoms with Gasteiger partial charge in [0.25, 0.3) is 0 Å². The van der Waals surface area contributed by atoms with Gasteiger partial charge in [0.2, 0.25) is 9.05 Å². The van der Waals surface area contributed by atoms with Crippen molar-refractivity contribution in [3.05, 3.63) is 28.5 Å². The Bertz CT molecular complexity index is 449. The first-order chi connectivity index (χ1) is 6.90. The van der Waals surface area contributed by atoms with E-state index in [0.29, 0.717) is 0 Å². The van der Waals surface area contributed by atoms with Gasteiger partial charge in [-0.3, -0.25) is 0 Å². The second-order valence-electron chi connectivity index (χ2n) is 2.64. The lowest BCUT2D eigenvalue weighted by Crippen LogP contribution is -2.09. The Hall–Kier alpha value is -0.330. The molecule has 7 heteroatoms. The van der Waals surface area contributed by atoms with Gasteiger partial charge in [0.15, 0.2) is 11.6 Å². The smallest absolute Gasteiger partial charge is 0.235 e. The van der Waals surface area contributed by atoms with E-state index in [9.17, 15) is 12.8 Å². The SMILES string of the molecule is O=S(=O)(Cl)CCOc1cccc(Br)c1F. The molecule has 0 N–H and O–H groups in total. The van der Waals surface area contributed by atoms with Crippen molar-refractivity contribution < 1.29 is 17.5 Å². The van der Waals surface area contributed by atoms with Crippen molar-refractivity contribution in [2.24, 2.45) is 0 Å². The summed E-state index contributed by atoms with van der Waals surface area (Å²) in [5, 5.41) is 0. The summed E-state index contributed by atoms with van der Waals surface area (Å²) in [6, 6.07) is 4.50. The lowest BCUT2D eigenvalue weighted by Gasteiger charge is -2.06. The van der Waals surface area contributed by atoms with E-state index < -0.39 is 14.9 Å². The Morgan fingerprint density at radius 1 is 1.47 bits per heavy atom. The third-order valence-corrected chi connectivity index (χ3v) is 3.23. The van der Waals surface area contributed by atoms with Gasteiger partial charge in [-0.05, 0) is 28.1 Å². The summed E-state index contributed by atoms with van der Waals surface area (Å²) in [6.07, 6.45) is 0. The molecule has 0 amide bonds. The van der Waals surface area contributed by atoms with Crippen molar-refractivity contribution >= 4 is 35.7 Å².